The maximum absolute atomic E-state index is 14.0. The molecular formula is C37H31F3N8O5S2. The third-order valence-corrected chi connectivity index (χ3v) is 10.4. The monoisotopic (exact) mass is 788 g/mol. The van der Waals surface area contributed by atoms with Gasteiger partial charge in [-0.3, -0.25) is 19.6 Å². The second-order valence-electron chi connectivity index (χ2n) is 11.9. The van der Waals surface area contributed by atoms with E-state index in [0.717, 1.165) is 17.0 Å². The predicted molar refractivity (Wildman–Crippen MR) is 198 cm³/mol. The minimum Gasteiger partial charge on any atom is -0.506 e. The molecule has 1 aliphatic heterocycles. The van der Waals surface area contributed by atoms with Crippen molar-refractivity contribution < 1.29 is 36.3 Å². The van der Waals surface area contributed by atoms with Crippen molar-refractivity contribution in [2.24, 2.45) is 0 Å². The van der Waals surface area contributed by atoms with Crippen LogP contribution in [0.1, 0.15) is 37.5 Å². The van der Waals surface area contributed by atoms with E-state index in [1.165, 1.54) is 54.7 Å². The lowest BCUT2D eigenvalue weighted by atomic mass is 10.1. The van der Waals surface area contributed by atoms with Gasteiger partial charge < -0.3 is 20.2 Å². The number of hydrogen-bond donors (Lipinski definition) is 3. The van der Waals surface area contributed by atoms with Crippen molar-refractivity contribution in [1.29, 1.82) is 0 Å². The molecule has 0 aliphatic carbocycles. The molecule has 0 radical (unpaired) electrons. The Kier molecular flexibility index (Phi) is 11.8. The fraction of sp³-hybridized carbons (Fsp3) is 0.189. The average molecular weight is 789 g/mol. The first-order valence-corrected chi connectivity index (χ1v) is 19.0. The van der Waals surface area contributed by atoms with Crippen LogP contribution in [0.25, 0.3) is 0 Å². The first-order chi connectivity index (χ1) is 26.4. The second kappa shape index (κ2) is 16.9. The van der Waals surface area contributed by atoms with Gasteiger partial charge in [-0.05, 0) is 54.6 Å². The fourth-order valence-corrected chi connectivity index (χ4v) is 7.16. The van der Waals surface area contributed by atoms with Gasteiger partial charge in [0.1, 0.15) is 5.75 Å². The lowest BCUT2D eigenvalue weighted by molar-refractivity contribution is -0.137. The Morgan fingerprint density at radius 2 is 1.56 bits per heavy atom. The van der Waals surface area contributed by atoms with Crippen LogP contribution < -0.4 is 14.9 Å². The molecule has 55 heavy (non-hydrogen) atoms. The largest absolute Gasteiger partial charge is 0.506 e. The van der Waals surface area contributed by atoms with Gasteiger partial charge in [-0.1, -0.05) is 30.0 Å². The number of rotatable bonds is 10. The van der Waals surface area contributed by atoms with Crippen molar-refractivity contribution in [3.63, 3.8) is 0 Å². The highest BCUT2D eigenvalue weighted by Crippen LogP contribution is 2.36. The highest BCUT2D eigenvalue weighted by Gasteiger charge is 2.35. The number of pyridine rings is 2. The van der Waals surface area contributed by atoms with Crippen LogP contribution in [0.15, 0.2) is 107 Å². The maximum Gasteiger partial charge on any atom is 0.418 e. The average Bonchev–Trinajstić information content (AvgIpc) is 3.18. The topological polar surface area (TPSA) is 171 Å². The van der Waals surface area contributed by atoms with E-state index in [-0.39, 0.29) is 29.6 Å². The first-order valence-electron chi connectivity index (χ1n) is 16.5. The summed E-state index contributed by atoms with van der Waals surface area (Å²) in [5.41, 5.74) is -0.525. The molecule has 2 amide bonds. The Labute approximate surface area is 318 Å². The Morgan fingerprint density at radius 1 is 0.855 bits per heavy atom. The normalized spacial score (nSPS) is 13.1. The summed E-state index contributed by atoms with van der Waals surface area (Å²) in [5.74, 6) is 5.15. The number of halogens is 3. The zero-order valence-electron chi connectivity index (χ0n) is 28.7. The molecule has 18 heteroatoms. The molecule has 1 fully saturated rings. The minimum absolute atomic E-state index is 0.0177. The summed E-state index contributed by atoms with van der Waals surface area (Å²) in [6.45, 7) is 1.57. The number of nitrogens with zero attached hydrogens (tertiary/aromatic N) is 6. The smallest absolute Gasteiger partial charge is 0.418 e. The third kappa shape index (κ3) is 10.1. The number of carbonyl (C=O) groups is 2. The number of hydrogen-bond acceptors (Lipinski definition) is 12. The van der Waals surface area contributed by atoms with Crippen LogP contribution in [0, 0.1) is 11.8 Å². The number of nitrogens with one attached hydrogen (secondary N) is 2. The van der Waals surface area contributed by atoms with Gasteiger partial charge in [0.2, 0.25) is 0 Å². The summed E-state index contributed by atoms with van der Waals surface area (Å²) in [4.78, 5) is 37.8. The van der Waals surface area contributed by atoms with Crippen molar-refractivity contribution in [2.45, 2.75) is 16.0 Å². The molecule has 5 aromatic rings. The van der Waals surface area contributed by atoms with Crippen molar-refractivity contribution in [3.05, 3.63) is 126 Å². The van der Waals surface area contributed by atoms with Crippen LogP contribution in [0.3, 0.4) is 0 Å². The van der Waals surface area contributed by atoms with E-state index in [2.05, 4.69) is 37.3 Å². The highest BCUT2D eigenvalue weighted by atomic mass is 32.2. The van der Waals surface area contributed by atoms with Gasteiger partial charge in [-0.15, -0.1) is 22.0 Å². The van der Waals surface area contributed by atoms with Crippen molar-refractivity contribution in [2.75, 3.05) is 48.7 Å². The fourth-order valence-electron chi connectivity index (χ4n) is 5.39. The number of aromatic hydroxyl groups is 1. The number of anilines is 2. The van der Waals surface area contributed by atoms with Gasteiger partial charge in [0.25, 0.3) is 21.8 Å². The van der Waals surface area contributed by atoms with E-state index < -0.39 is 32.6 Å². The molecule has 282 valence electrons. The summed E-state index contributed by atoms with van der Waals surface area (Å²) in [5, 5.41) is 20.2. The number of piperazine rings is 1. The van der Waals surface area contributed by atoms with Gasteiger partial charge in [0, 0.05) is 78.8 Å². The van der Waals surface area contributed by atoms with E-state index in [9.17, 15) is 36.3 Å². The summed E-state index contributed by atoms with van der Waals surface area (Å²) in [6, 6.07) is 17.6. The van der Waals surface area contributed by atoms with Crippen molar-refractivity contribution in [1.82, 2.24) is 29.8 Å². The van der Waals surface area contributed by atoms with E-state index in [4.69, 9.17) is 0 Å². The lowest BCUT2D eigenvalue weighted by Crippen LogP contribution is -2.49. The van der Waals surface area contributed by atoms with E-state index in [0.29, 0.717) is 60.5 Å². The molecule has 3 aromatic heterocycles. The van der Waals surface area contributed by atoms with Gasteiger partial charge in [-0.25, -0.2) is 13.1 Å². The maximum atomic E-state index is 14.0. The zero-order chi connectivity index (χ0) is 39.0. The third-order valence-electron chi connectivity index (χ3n) is 8.10. The number of alkyl halides is 3. The summed E-state index contributed by atoms with van der Waals surface area (Å²) in [6.07, 6.45) is 0.874. The number of sulfonamides is 1. The first kappa shape index (κ1) is 38.5. The van der Waals surface area contributed by atoms with Crippen LogP contribution in [-0.4, -0.2) is 88.9 Å². The Morgan fingerprint density at radius 3 is 2.24 bits per heavy atom. The van der Waals surface area contributed by atoms with Gasteiger partial charge >= 0.3 is 6.18 Å². The molecule has 13 nitrogen and oxygen atoms in total. The summed E-state index contributed by atoms with van der Waals surface area (Å²) >= 11 is 1.45. The summed E-state index contributed by atoms with van der Waals surface area (Å²) in [7, 11) is -4.73. The molecule has 4 heterocycles. The van der Waals surface area contributed by atoms with Crippen LogP contribution in [0.5, 0.6) is 5.75 Å². The SMILES string of the molecule is O=C(NS(=O)(=O)c1ccc(NCCSc2ccccc2)c(C(F)(F)F)c1)c1ccc(N2CCN(C(=O)c3cncc(C#Cc4cncc(O)c4)c3)CC2)nn1. The quantitative estimate of drug-likeness (QED) is 0.102. The minimum atomic E-state index is -4.88. The number of carbonyl (C=O) groups excluding carboxylic acids is 2. The van der Waals surface area contributed by atoms with Crippen molar-refractivity contribution >= 4 is 45.1 Å². The Bertz CT molecular complexity index is 2350. The predicted octanol–water partition coefficient (Wildman–Crippen LogP) is 4.68. The molecule has 3 N–H and O–H groups in total. The zero-order valence-corrected chi connectivity index (χ0v) is 30.3. The molecular weight excluding hydrogens is 758 g/mol. The molecule has 1 saturated heterocycles. The second-order valence-corrected chi connectivity index (χ2v) is 14.8. The van der Waals surface area contributed by atoms with Crippen LogP contribution in [0.4, 0.5) is 24.7 Å². The molecule has 0 bridgehead atoms. The molecule has 0 spiro atoms. The number of amides is 2. The van der Waals surface area contributed by atoms with Crippen LogP contribution >= 0.6 is 11.8 Å². The highest BCUT2D eigenvalue weighted by molar-refractivity contribution is 7.99. The molecule has 1 aliphatic rings. The van der Waals surface area contributed by atoms with Gasteiger partial charge in [-0.2, -0.15) is 13.2 Å². The molecule has 0 unspecified atom stereocenters. The van der Waals surface area contributed by atoms with Crippen LogP contribution in [-0.2, 0) is 16.2 Å². The Balaban J connectivity index is 1.03. The molecule has 2 aromatic carbocycles. The summed E-state index contributed by atoms with van der Waals surface area (Å²) < 4.78 is 69.7. The van der Waals surface area contributed by atoms with Crippen molar-refractivity contribution in [3.8, 4) is 17.6 Å². The number of benzene rings is 2. The molecule has 0 saturated carbocycles. The molecule has 0 atom stereocenters. The van der Waals surface area contributed by atoms with Crippen LogP contribution in [0.2, 0.25) is 0 Å². The Hall–Kier alpha value is -6.19. The van der Waals surface area contributed by atoms with Gasteiger partial charge in [0.15, 0.2) is 11.5 Å². The number of aromatic nitrogens is 4. The van der Waals surface area contributed by atoms with E-state index in [1.807, 2.05) is 35.2 Å². The van der Waals surface area contributed by atoms with Gasteiger partial charge in [0.05, 0.1) is 22.2 Å². The lowest BCUT2D eigenvalue weighted by Gasteiger charge is -2.35. The molecule has 6 rings (SSSR count). The number of thioether (sulfide) groups is 1. The van der Waals surface area contributed by atoms with E-state index >= 15 is 0 Å². The standard InChI is InChI=1S/C37H31F3N8O5S2/c38-37(39,40)31-20-30(8-9-32(31)43-12-17-54-29-4-2-1-3-5-29)55(52,53)46-35(50)33-10-11-34(45-44-33)47-13-15-48(16-14-47)36(51)27-18-25(21-41-23-27)6-7-26-19-28(49)24-42-22-26/h1-5,8-11,18-24,43,49H,12-17H2,(H,46,50). The van der Waals surface area contributed by atoms with E-state index in [1.54, 1.807) is 15.7 Å².